The van der Waals surface area contributed by atoms with Gasteiger partial charge >= 0.3 is 0 Å². The van der Waals surface area contributed by atoms with Gasteiger partial charge in [-0.25, -0.2) is 0 Å². The second kappa shape index (κ2) is 5.17. The van der Waals surface area contributed by atoms with Crippen molar-refractivity contribution >= 4 is 17.7 Å². The van der Waals surface area contributed by atoms with Crippen LogP contribution in [0.1, 0.15) is 20.3 Å². The molecule has 0 amide bonds. The van der Waals surface area contributed by atoms with E-state index in [4.69, 9.17) is 0 Å². The molecule has 1 aromatic carbocycles. The van der Waals surface area contributed by atoms with Crippen LogP contribution in [0.15, 0.2) is 46.7 Å². The Morgan fingerprint density at radius 3 is 2.56 bits per heavy atom. The summed E-state index contributed by atoms with van der Waals surface area (Å²) in [5.74, 6) is 0.117. The number of aliphatic hydroxyl groups is 1. The average Bonchev–Trinajstić information content (AvgIpc) is 2.38. The molecule has 0 radical (unpaired) electrons. The molecule has 2 atom stereocenters. The predicted octanol–water partition coefficient (Wildman–Crippen LogP) is 3.45. The average molecular weight is 243 g/mol. The Hall–Kier alpha value is -1.90. The number of ketones is 1. The van der Waals surface area contributed by atoms with Crippen LogP contribution in [-0.2, 0) is 4.79 Å². The van der Waals surface area contributed by atoms with Crippen LogP contribution in [-0.4, -0.2) is 17.1 Å². The minimum Gasteiger partial charge on any atom is -0.511 e. The van der Waals surface area contributed by atoms with Crippen molar-refractivity contribution < 1.29 is 9.90 Å². The fourth-order valence-electron chi connectivity index (χ4n) is 2.19. The van der Waals surface area contributed by atoms with Crippen molar-refractivity contribution in [2.24, 2.45) is 16.8 Å². The Bertz CT molecular complexity index is 502. The standard InChI is InChI=1S/C15H17NO2/c1-10-8-11(2)15(18)13(14(10)17)9-16-12-6-4-3-5-7-12/h3-7,9-11,17H,8H2,1-2H3/t10-,11+/m1/s1. The maximum atomic E-state index is 12.0. The molecule has 1 aliphatic carbocycles. The Balaban J connectivity index is 2.29. The Kier molecular flexibility index (Phi) is 3.60. The summed E-state index contributed by atoms with van der Waals surface area (Å²) in [6.07, 6.45) is 2.19. The first-order valence-corrected chi connectivity index (χ1v) is 6.16. The van der Waals surface area contributed by atoms with E-state index in [0.29, 0.717) is 12.0 Å². The van der Waals surface area contributed by atoms with Gasteiger partial charge in [0.05, 0.1) is 11.3 Å². The third kappa shape index (κ3) is 2.50. The summed E-state index contributed by atoms with van der Waals surface area (Å²) in [6, 6.07) is 9.39. The monoisotopic (exact) mass is 243 g/mol. The number of nitrogens with zero attached hydrogens (tertiary/aromatic N) is 1. The van der Waals surface area contributed by atoms with E-state index < -0.39 is 0 Å². The third-order valence-corrected chi connectivity index (χ3v) is 3.26. The minimum atomic E-state index is -0.0480. The van der Waals surface area contributed by atoms with Crippen LogP contribution in [0.5, 0.6) is 0 Å². The van der Waals surface area contributed by atoms with Crippen molar-refractivity contribution in [3.8, 4) is 0 Å². The lowest BCUT2D eigenvalue weighted by Crippen LogP contribution is -2.26. The van der Waals surface area contributed by atoms with E-state index in [1.54, 1.807) is 0 Å². The molecule has 18 heavy (non-hydrogen) atoms. The van der Waals surface area contributed by atoms with Gasteiger partial charge in [0.15, 0.2) is 5.78 Å². The predicted molar refractivity (Wildman–Crippen MR) is 72.2 cm³/mol. The van der Waals surface area contributed by atoms with E-state index in [9.17, 15) is 9.90 Å². The highest BCUT2D eigenvalue weighted by Gasteiger charge is 2.30. The van der Waals surface area contributed by atoms with Crippen LogP contribution >= 0.6 is 0 Å². The van der Waals surface area contributed by atoms with Crippen molar-refractivity contribution in [2.75, 3.05) is 0 Å². The van der Waals surface area contributed by atoms with E-state index >= 15 is 0 Å². The SMILES string of the molecule is C[C@@H]1C[C@H](C)C(=O)C(C=Nc2ccccc2)=C1O. The molecule has 0 aliphatic heterocycles. The normalized spacial score (nSPS) is 24.9. The molecule has 0 saturated carbocycles. The Morgan fingerprint density at radius 2 is 1.89 bits per heavy atom. The zero-order valence-electron chi connectivity index (χ0n) is 10.6. The minimum absolute atomic E-state index is 0.0229. The molecule has 0 bridgehead atoms. The number of aliphatic hydroxyl groups excluding tert-OH is 1. The second-order valence-corrected chi connectivity index (χ2v) is 4.79. The molecule has 0 heterocycles. The van der Waals surface area contributed by atoms with Gasteiger partial charge in [-0.2, -0.15) is 0 Å². The summed E-state index contributed by atoms with van der Waals surface area (Å²) in [7, 11) is 0. The maximum Gasteiger partial charge on any atom is 0.170 e. The van der Waals surface area contributed by atoms with Crippen LogP contribution in [0.4, 0.5) is 5.69 Å². The first-order valence-electron chi connectivity index (χ1n) is 6.16. The lowest BCUT2D eigenvalue weighted by atomic mass is 9.82. The molecule has 1 aliphatic rings. The molecule has 0 fully saturated rings. The number of hydrogen-bond donors (Lipinski definition) is 1. The summed E-state index contributed by atoms with van der Waals surface area (Å²) in [5.41, 5.74) is 1.13. The zero-order valence-corrected chi connectivity index (χ0v) is 10.6. The molecule has 0 saturated heterocycles. The maximum absolute atomic E-state index is 12.0. The molecule has 94 valence electrons. The van der Waals surface area contributed by atoms with Gasteiger partial charge in [0, 0.05) is 18.1 Å². The van der Waals surface area contributed by atoms with Crippen LogP contribution in [0, 0.1) is 11.8 Å². The lowest BCUT2D eigenvalue weighted by molar-refractivity contribution is -0.119. The van der Waals surface area contributed by atoms with Crippen molar-refractivity contribution in [3.05, 3.63) is 41.7 Å². The number of carbonyl (C=O) groups excluding carboxylic acids is 1. The van der Waals surface area contributed by atoms with Gasteiger partial charge in [0.1, 0.15) is 5.76 Å². The molecule has 1 aromatic rings. The highest BCUT2D eigenvalue weighted by Crippen LogP contribution is 2.29. The first-order chi connectivity index (χ1) is 8.59. The number of carbonyl (C=O) groups is 1. The van der Waals surface area contributed by atoms with Crippen LogP contribution in [0.25, 0.3) is 0 Å². The number of benzene rings is 1. The number of rotatable bonds is 2. The van der Waals surface area contributed by atoms with Gasteiger partial charge in [0.25, 0.3) is 0 Å². The van der Waals surface area contributed by atoms with Crippen molar-refractivity contribution in [3.63, 3.8) is 0 Å². The molecule has 1 N–H and O–H groups in total. The number of Topliss-reactive ketones (excluding diaryl/α,β-unsaturated/α-hetero) is 1. The fraction of sp³-hybridized carbons (Fsp3) is 0.333. The van der Waals surface area contributed by atoms with Crippen LogP contribution in [0.3, 0.4) is 0 Å². The van der Waals surface area contributed by atoms with Gasteiger partial charge in [-0.3, -0.25) is 9.79 Å². The van der Waals surface area contributed by atoms with E-state index in [0.717, 1.165) is 5.69 Å². The number of para-hydroxylation sites is 1. The highest BCUT2D eigenvalue weighted by molar-refractivity contribution is 6.15. The summed E-state index contributed by atoms with van der Waals surface area (Å²) < 4.78 is 0. The number of hydrogen-bond acceptors (Lipinski definition) is 3. The van der Waals surface area contributed by atoms with Crippen LogP contribution in [0.2, 0.25) is 0 Å². The summed E-state index contributed by atoms with van der Waals surface area (Å²) in [5, 5.41) is 9.97. The summed E-state index contributed by atoms with van der Waals surface area (Å²) in [6.45, 7) is 3.82. The molecule has 0 aromatic heterocycles. The first kappa shape index (κ1) is 12.6. The van der Waals surface area contributed by atoms with Gasteiger partial charge in [0.2, 0.25) is 0 Å². The smallest absolute Gasteiger partial charge is 0.170 e. The fourth-order valence-corrected chi connectivity index (χ4v) is 2.19. The van der Waals surface area contributed by atoms with E-state index in [-0.39, 0.29) is 23.4 Å². The number of allylic oxidation sites excluding steroid dienone is 2. The molecule has 0 spiro atoms. The molecule has 2 rings (SSSR count). The molecular formula is C15H17NO2. The number of aliphatic imine (C=N–C) groups is 1. The van der Waals surface area contributed by atoms with Crippen molar-refractivity contribution in [2.45, 2.75) is 20.3 Å². The Morgan fingerprint density at radius 1 is 1.22 bits per heavy atom. The molecular weight excluding hydrogens is 226 g/mol. The zero-order chi connectivity index (χ0) is 13.1. The second-order valence-electron chi connectivity index (χ2n) is 4.79. The van der Waals surface area contributed by atoms with Gasteiger partial charge in [-0.15, -0.1) is 0 Å². The highest BCUT2D eigenvalue weighted by atomic mass is 16.3. The Labute approximate surface area is 107 Å². The van der Waals surface area contributed by atoms with E-state index in [1.165, 1.54) is 6.21 Å². The van der Waals surface area contributed by atoms with E-state index in [1.807, 2.05) is 44.2 Å². The van der Waals surface area contributed by atoms with Crippen molar-refractivity contribution in [1.29, 1.82) is 0 Å². The third-order valence-electron chi connectivity index (χ3n) is 3.26. The lowest BCUT2D eigenvalue weighted by Gasteiger charge is -2.23. The van der Waals surface area contributed by atoms with Crippen LogP contribution < -0.4 is 0 Å². The summed E-state index contributed by atoms with van der Waals surface area (Å²) in [4.78, 5) is 16.2. The summed E-state index contributed by atoms with van der Waals surface area (Å²) >= 11 is 0. The van der Waals surface area contributed by atoms with Gasteiger partial charge < -0.3 is 5.11 Å². The van der Waals surface area contributed by atoms with Crippen molar-refractivity contribution in [1.82, 2.24) is 0 Å². The van der Waals surface area contributed by atoms with Gasteiger partial charge in [-0.1, -0.05) is 32.0 Å². The topological polar surface area (TPSA) is 49.7 Å². The van der Waals surface area contributed by atoms with Gasteiger partial charge in [-0.05, 0) is 18.6 Å². The largest absolute Gasteiger partial charge is 0.511 e. The quantitative estimate of drug-likeness (QED) is 0.809. The molecule has 3 nitrogen and oxygen atoms in total. The molecule has 3 heteroatoms. The van der Waals surface area contributed by atoms with E-state index in [2.05, 4.69) is 4.99 Å². The molecule has 0 unspecified atom stereocenters.